The first-order chi connectivity index (χ1) is 15.5. The third-order valence-electron chi connectivity index (χ3n) is 4.77. The highest BCUT2D eigenvalue weighted by molar-refractivity contribution is 9.10. The van der Waals surface area contributed by atoms with Gasteiger partial charge in [-0.1, -0.05) is 50.6 Å². The van der Waals surface area contributed by atoms with Gasteiger partial charge in [-0.05, 0) is 70.4 Å². The minimum atomic E-state index is -0.506. The lowest BCUT2D eigenvalue weighted by Gasteiger charge is -2.14. The fourth-order valence-corrected chi connectivity index (χ4v) is 3.77. The average molecular weight is 520 g/mol. The van der Waals surface area contributed by atoms with Crippen LogP contribution in [0.5, 0.6) is 11.5 Å². The van der Waals surface area contributed by atoms with Crippen LogP contribution in [0, 0.1) is 11.3 Å². The Morgan fingerprint density at radius 3 is 2.50 bits per heavy atom. The smallest absolute Gasteiger partial charge is 0.266 e. The zero-order valence-electron chi connectivity index (χ0n) is 18.4. The molecule has 2 aromatic carbocycles. The van der Waals surface area contributed by atoms with E-state index < -0.39 is 5.91 Å². The number of halogens is 2. The van der Waals surface area contributed by atoms with E-state index in [2.05, 4.69) is 28.2 Å². The largest absolute Gasteiger partial charge is 0.493 e. The van der Waals surface area contributed by atoms with Crippen molar-refractivity contribution in [3.63, 3.8) is 0 Å². The molecule has 0 aliphatic rings. The number of rotatable bonds is 12. The van der Waals surface area contributed by atoms with Gasteiger partial charge in [0.1, 0.15) is 11.6 Å². The van der Waals surface area contributed by atoms with Gasteiger partial charge in [0.15, 0.2) is 11.5 Å². The van der Waals surface area contributed by atoms with Crippen LogP contribution in [0.15, 0.2) is 46.4 Å². The molecule has 1 amide bonds. The molecule has 1 N–H and O–H groups in total. The molecule has 0 fully saturated rings. The summed E-state index contributed by atoms with van der Waals surface area (Å²) >= 11 is 9.39. The molecule has 0 spiro atoms. The highest BCUT2D eigenvalue weighted by Gasteiger charge is 2.14. The number of methoxy groups -OCH3 is 1. The topological polar surface area (TPSA) is 71.3 Å². The van der Waals surface area contributed by atoms with Crippen LogP contribution in [0.25, 0.3) is 6.08 Å². The molecule has 170 valence electrons. The summed E-state index contributed by atoms with van der Waals surface area (Å²) in [5.74, 6) is 0.641. The fraction of sp³-hybridized carbons (Fsp3) is 0.360. The van der Waals surface area contributed by atoms with Gasteiger partial charge in [-0.15, -0.1) is 0 Å². The van der Waals surface area contributed by atoms with Gasteiger partial charge in [-0.3, -0.25) is 4.79 Å². The van der Waals surface area contributed by atoms with Gasteiger partial charge in [0.25, 0.3) is 5.91 Å². The lowest BCUT2D eigenvalue weighted by molar-refractivity contribution is -0.112. The maximum absolute atomic E-state index is 12.5. The summed E-state index contributed by atoms with van der Waals surface area (Å²) in [6.07, 6.45) is 8.61. The molecule has 0 aromatic heterocycles. The summed E-state index contributed by atoms with van der Waals surface area (Å²) in [7, 11) is 1.56. The number of carbonyl (C=O) groups excluding carboxylic acids is 1. The van der Waals surface area contributed by atoms with Crippen molar-refractivity contribution in [3.05, 3.63) is 57.0 Å². The minimum Gasteiger partial charge on any atom is -0.493 e. The van der Waals surface area contributed by atoms with Crippen LogP contribution in [0.1, 0.15) is 51.0 Å². The lowest BCUT2D eigenvalue weighted by Crippen LogP contribution is -2.13. The van der Waals surface area contributed by atoms with Gasteiger partial charge < -0.3 is 14.8 Å². The van der Waals surface area contributed by atoms with Gasteiger partial charge in [0.05, 0.1) is 18.2 Å². The maximum atomic E-state index is 12.5. The molecule has 5 nitrogen and oxygen atoms in total. The van der Waals surface area contributed by atoms with Crippen molar-refractivity contribution < 1.29 is 14.3 Å². The molecular formula is C25H28BrClN2O3. The van der Waals surface area contributed by atoms with E-state index in [1.807, 2.05) is 6.07 Å². The van der Waals surface area contributed by atoms with Crippen molar-refractivity contribution in [2.75, 3.05) is 19.0 Å². The van der Waals surface area contributed by atoms with E-state index in [0.717, 1.165) is 12.8 Å². The Morgan fingerprint density at radius 2 is 1.84 bits per heavy atom. The molecule has 32 heavy (non-hydrogen) atoms. The second kappa shape index (κ2) is 13.8. The summed E-state index contributed by atoms with van der Waals surface area (Å²) in [5, 5.41) is 12.7. The van der Waals surface area contributed by atoms with E-state index >= 15 is 0 Å². The van der Waals surface area contributed by atoms with E-state index in [1.165, 1.54) is 31.8 Å². The molecule has 0 radical (unpaired) electrons. The summed E-state index contributed by atoms with van der Waals surface area (Å²) < 4.78 is 12.1. The Hall–Kier alpha value is -2.49. The lowest BCUT2D eigenvalue weighted by atomic mass is 10.1. The van der Waals surface area contributed by atoms with E-state index in [4.69, 9.17) is 21.1 Å². The summed E-state index contributed by atoms with van der Waals surface area (Å²) in [6.45, 7) is 2.81. The van der Waals surface area contributed by atoms with Crippen molar-refractivity contribution in [1.29, 1.82) is 5.26 Å². The standard InChI is InChI=1S/C25H28BrClN2O3/c1-3-4-5-6-7-8-13-32-24-22(26)15-18(16-23(24)31-2)14-19(17-28)25(30)29-21-11-9-20(27)10-12-21/h9-12,14-16H,3-8,13H2,1-2H3,(H,29,30)/b19-14-. The van der Waals surface area contributed by atoms with Gasteiger partial charge >= 0.3 is 0 Å². The molecule has 2 rings (SSSR count). The van der Waals surface area contributed by atoms with Crippen LogP contribution < -0.4 is 14.8 Å². The summed E-state index contributed by atoms with van der Waals surface area (Å²) in [6, 6.07) is 12.2. The van der Waals surface area contributed by atoms with Crippen LogP contribution in [-0.2, 0) is 4.79 Å². The van der Waals surface area contributed by atoms with E-state index in [1.54, 1.807) is 43.5 Å². The van der Waals surface area contributed by atoms with Crippen molar-refractivity contribution in [2.24, 2.45) is 0 Å². The molecule has 7 heteroatoms. The average Bonchev–Trinajstić information content (AvgIpc) is 2.79. The van der Waals surface area contributed by atoms with Gasteiger partial charge in [-0.25, -0.2) is 0 Å². The second-order valence-electron chi connectivity index (χ2n) is 7.28. The number of ether oxygens (including phenoxy) is 2. The predicted octanol–water partition coefficient (Wildman–Crippen LogP) is 7.40. The fourth-order valence-electron chi connectivity index (χ4n) is 3.07. The molecule has 0 saturated carbocycles. The van der Waals surface area contributed by atoms with Crippen LogP contribution in [-0.4, -0.2) is 19.6 Å². The molecule has 0 atom stereocenters. The molecule has 0 bridgehead atoms. The Kier molecular flexibility index (Phi) is 11.1. The number of nitrogens with zero attached hydrogens (tertiary/aromatic N) is 1. The van der Waals surface area contributed by atoms with Crippen LogP contribution in [0.4, 0.5) is 5.69 Å². The zero-order chi connectivity index (χ0) is 23.3. The molecule has 0 unspecified atom stereocenters. The van der Waals surface area contributed by atoms with Crippen LogP contribution in [0.2, 0.25) is 5.02 Å². The highest BCUT2D eigenvalue weighted by atomic mass is 79.9. The Bertz CT molecular complexity index is 968. The zero-order valence-corrected chi connectivity index (χ0v) is 20.8. The first-order valence-electron chi connectivity index (χ1n) is 10.7. The van der Waals surface area contributed by atoms with Crippen molar-refractivity contribution >= 4 is 45.2 Å². The van der Waals surface area contributed by atoms with E-state index in [0.29, 0.717) is 38.9 Å². The van der Waals surface area contributed by atoms with Gasteiger partial charge in [0, 0.05) is 10.7 Å². The number of unbranched alkanes of at least 4 members (excludes halogenated alkanes) is 5. The number of benzene rings is 2. The first kappa shape index (κ1) is 25.8. The number of nitriles is 1. The third kappa shape index (κ3) is 8.22. The van der Waals surface area contributed by atoms with Gasteiger partial charge in [-0.2, -0.15) is 5.26 Å². The Morgan fingerprint density at radius 1 is 1.16 bits per heavy atom. The van der Waals surface area contributed by atoms with E-state index in [-0.39, 0.29) is 5.57 Å². The highest BCUT2D eigenvalue weighted by Crippen LogP contribution is 2.37. The van der Waals surface area contributed by atoms with Gasteiger partial charge in [0.2, 0.25) is 0 Å². The number of hydrogen-bond donors (Lipinski definition) is 1. The summed E-state index contributed by atoms with van der Waals surface area (Å²) in [5.41, 5.74) is 1.16. The third-order valence-corrected chi connectivity index (χ3v) is 5.62. The second-order valence-corrected chi connectivity index (χ2v) is 8.57. The van der Waals surface area contributed by atoms with Crippen LogP contribution in [0.3, 0.4) is 0 Å². The maximum Gasteiger partial charge on any atom is 0.266 e. The molecule has 0 saturated heterocycles. The Balaban J connectivity index is 2.07. The summed E-state index contributed by atoms with van der Waals surface area (Å²) in [4.78, 5) is 12.5. The predicted molar refractivity (Wildman–Crippen MR) is 133 cm³/mol. The SMILES string of the molecule is CCCCCCCCOc1c(Br)cc(/C=C(/C#N)C(=O)Nc2ccc(Cl)cc2)cc1OC. The number of nitrogens with one attached hydrogen (secondary N) is 1. The normalized spacial score (nSPS) is 11.0. The van der Waals surface area contributed by atoms with Crippen molar-refractivity contribution in [3.8, 4) is 17.6 Å². The molecule has 0 aliphatic heterocycles. The van der Waals surface area contributed by atoms with Crippen molar-refractivity contribution in [1.82, 2.24) is 0 Å². The quantitative estimate of drug-likeness (QED) is 0.180. The number of hydrogen-bond acceptors (Lipinski definition) is 4. The molecule has 0 aliphatic carbocycles. The number of amides is 1. The number of carbonyl (C=O) groups is 1. The monoisotopic (exact) mass is 518 g/mol. The minimum absolute atomic E-state index is 0.0327. The first-order valence-corrected chi connectivity index (χ1v) is 11.8. The number of anilines is 1. The Labute approximate surface area is 203 Å². The molecule has 0 heterocycles. The molecular weight excluding hydrogens is 492 g/mol. The van der Waals surface area contributed by atoms with E-state index in [9.17, 15) is 10.1 Å². The van der Waals surface area contributed by atoms with Crippen molar-refractivity contribution in [2.45, 2.75) is 45.4 Å². The molecule has 2 aromatic rings. The van der Waals surface area contributed by atoms with Crippen LogP contribution >= 0.6 is 27.5 Å².